The molecule has 2 aliphatic rings. The van der Waals surface area contributed by atoms with Crippen molar-refractivity contribution in [3.05, 3.63) is 56.7 Å². The molecule has 0 radical (unpaired) electrons. The molecule has 0 saturated carbocycles. The number of likely N-dealkylation sites (tertiary alicyclic amines) is 1. The van der Waals surface area contributed by atoms with E-state index in [9.17, 15) is 9.59 Å². The number of nitrogens with zero attached hydrogens (tertiary/aromatic N) is 6. The number of aromatic nitrogens is 4. The molecule has 2 aromatic heterocycles. The molecule has 1 atom stereocenters. The number of rotatable bonds is 6. The summed E-state index contributed by atoms with van der Waals surface area (Å²) in [7, 11) is 1.73. The number of fused-ring (bicyclic) bond motifs is 3. The van der Waals surface area contributed by atoms with Crippen LogP contribution in [-0.2, 0) is 26.6 Å². The Morgan fingerprint density at radius 1 is 0.970 bits per heavy atom. The minimum absolute atomic E-state index is 0.207. The number of hydrogen-bond acceptors (Lipinski definition) is 5. The summed E-state index contributed by atoms with van der Waals surface area (Å²) in [6, 6.07) is 10.4. The predicted octanol–water partition coefficient (Wildman–Crippen LogP) is 2.08. The minimum Gasteiger partial charge on any atom is -0.342 e. The first-order chi connectivity index (χ1) is 16.0. The Morgan fingerprint density at radius 3 is 2.48 bits per heavy atom. The van der Waals surface area contributed by atoms with Crippen molar-refractivity contribution >= 4 is 17.1 Å². The van der Waals surface area contributed by atoms with Gasteiger partial charge in [0, 0.05) is 39.8 Å². The molecule has 0 spiro atoms. The molecule has 1 fully saturated rings. The average molecular weight is 451 g/mol. The third-order valence-corrected chi connectivity index (χ3v) is 7.12. The molecule has 33 heavy (non-hydrogen) atoms. The zero-order valence-corrected chi connectivity index (χ0v) is 19.7. The molecule has 0 bridgehead atoms. The lowest BCUT2D eigenvalue weighted by atomic mass is 10.1. The number of piperidine rings is 1. The van der Waals surface area contributed by atoms with Crippen molar-refractivity contribution in [3.8, 4) is 0 Å². The monoisotopic (exact) mass is 450 g/mol. The number of benzene rings is 1. The Kier molecular flexibility index (Phi) is 6.10. The first-order valence-electron chi connectivity index (χ1n) is 12.2. The van der Waals surface area contributed by atoms with Crippen molar-refractivity contribution in [2.75, 3.05) is 37.6 Å². The van der Waals surface area contributed by atoms with Gasteiger partial charge in [-0.15, -0.1) is 0 Å². The van der Waals surface area contributed by atoms with Crippen LogP contribution in [0.1, 0.15) is 31.7 Å². The van der Waals surface area contributed by atoms with E-state index >= 15 is 0 Å². The second-order valence-electron chi connectivity index (χ2n) is 9.68. The molecule has 8 heteroatoms. The van der Waals surface area contributed by atoms with Crippen molar-refractivity contribution in [2.45, 2.75) is 45.7 Å². The van der Waals surface area contributed by atoms with Crippen LogP contribution in [-0.4, -0.2) is 56.3 Å². The van der Waals surface area contributed by atoms with Crippen molar-refractivity contribution in [1.29, 1.82) is 0 Å². The second kappa shape index (κ2) is 9.17. The summed E-state index contributed by atoms with van der Waals surface area (Å²) in [6.45, 7) is 7.94. The van der Waals surface area contributed by atoms with Crippen LogP contribution in [0, 0.1) is 5.92 Å². The van der Waals surface area contributed by atoms with Gasteiger partial charge in [-0.1, -0.05) is 43.7 Å². The van der Waals surface area contributed by atoms with E-state index in [-0.39, 0.29) is 11.2 Å². The summed E-state index contributed by atoms with van der Waals surface area (Å²) in [4.78, 5) is 36.1. The Morgan fingerprint density at radius 2 is 1.73 bits per heavy atom. The Hall–Kier alpha value is -2.87. The summed E-state index contributed by atoms with van der Waals surface area (Å²) in [5, 5.41) is 0. The highest BCUT2D eigenvalue weighted by Crippen LogP contribution is 2.27. The predicted molar refractivity (Wildman–Crippen MR) is 131 cm³/mol. The van der Waals surface area contributed by atoms with E-state index < -0.39 is 0 Å². The maximum atomic E-state index is 13.6. The number of aryl methyl sites for hydroxylation is 1. The smallest absolute Gasteiger partial charge is 0.332 e. The van der Waals surface area contributed by atoms with E-state index in [1.54, 1.807) is 11.6 Å². The van der Waals surface area contributed by atoms with Gasteiger partial charge in [-0.2, -0.15) is 4.98 Å². The highest BCUT2D eigenvalue weighted by Gasteiger charge is 2.29. The van der Waals surface area contributed by atoms with E-state index in [1.807, 2.05) is 10.6 Å². The SMILES string of the molecule is C[C@@H]1CN(CCc2ccccc2)c2nc3c(c(=O)n(CCN4CCCCC4)c(=O)n3C)n2C1. The van der Waals surface area contributed by atoms with Crippen LogP contribution in [0.25, 0.3) is 11.2 Å². The fourth-order valence-corrected chi connectivity index (χ4v) is 5.32. The summed E-state index contributed by atoms with van der Waals surface area (Å²) in [5.74, 6) is 1.20. The fourth-order valence-electron chi connectivity index (χ4n) is 5.32. The van der Waals surface area contributed by atoms with Crippen molar-refractivity contribution in [1.82, 2.24) is 23.6 Å². The van der Waals surface area contributed by atoms with E-state index in [0.29, 0.717) is 23.6 Å². The largest absolute Gasteiger partial charge is 0.342 e. The van der Waals surface area contributed by atoms with Crippen LogP contribution in [0.5, 0.6) is 0 Å². The third-order valence-electron chi connectivity index (χ3n) is 7.12. The molecule has 176 valence electrons. The summed E-state index contributed by atoms with van der Waals surface area (Å²) in [5.41, 5.74) is 1.85. The van der Waals surface area contributed by atoms with Gasteiger partial charge in [0.15, 0.2) is 11.2 Å². The van der Waals surface area contributed by atoms with Crippen molar-refractivity contribution in [3.63, 3.8) is 0 Å². The van der Waals surface area contributed by atoms with Gasteiger partial charge >= 0.3 is 5.69 Å². The van der Waals surface area contributed by atoms with E-state index in [1.165, 1.54) is 29.4 Å². The quantitative estimate of drug-likeness (QED) is 0.575. The van der Waals surface area contributed by atoms with Gasteiger partial charge in [0.05, 0.1) is 0 Å². The topological polar surface area (TPSA) is 68.3 Å². The van der Waals surface area contributed by atoms with Gasteiger partial charge in [0.25, 0.3) is 5.56 Å². The van der Waals surface area contributed by atoms with Crippen molar-refractivity contribution < 1.29 is 0 Å². The summed E-state index contributed by atoms with van der Waals surface area (Å²) in [6.07, 6.45) is 4.57. The highest BCUT2D eigenvalue weighted by atomic mass is 16.2. The molecule has 0 unspecified atom stereocenters. The Bertz CT molecular complexity index is 1240. The van der Waals surface area contributed by atoms with Crippen LogP contribution >= 0.6 is 0 Å². The van der Waals surface area contributed by atoms with E-state index in [4.69, 9.17) is 4.98 Å². The van der Waals surface area contributed by atoms with Crippen LogP contribution < -0.4 is 16.1 Å². The van der Waals surface area contributed by atoms with Crippen LogP contribution in [0.15, 0.2) is 39.9 Å². The minimum atomic E-state index is -0.274. The maximum Gasteiger partial charge on any atom is 0.332 e. The summed E-state index contributed by atoms with van der Waals surface area (Å²) < 4.78 is 5.02. The van der Waals surface area contributed by atoms with Gasteiger partial charge < -0.3 is 14.4 Å². The Balaban J connectivity index is 1.49. The molecule has 1 saturated heterocycles. The zero-order chi connectivity index (χ0) is 22.9. The van der Waals surface area contributed by atoms with Gasteiger partial charge in [0.2, 0.25) is 5.95 Å². The second-order valence-corrected chi connectivity index (χ2v) is 9.68. The molecule has 3 aromatic rings. The maximum absolute atomic E-state index is 13.6. The molecule has 1 aromatic carbocycles. The van der Waals surface area contributed by atoms with Crippen LogP contribution in [0.3, 0.4) is 0 Å². The zero-order valence-electron chi connectivity index (χ0n) is 19.7. The van der Waals surface area contributed by atoms with E-state index in [0.717, 1.165) is 51.6 Å². The molecule has 0 amide bonds. The molecule has 5 rings (SSSR count). The lowest BCUT2D eigenvalue weighted by Gasteiger charge is -2.33. The van der Waals surface area contributed by atoms with Gasteiger partial charge in [-0.3, -0.25) is 13.9 Å². The summed E-state index contributed by atoms with van der Waals surface area (Å²) >= 11 is 0. The fraction of sp³-hybridized carbons (Fsp3) is 0.560. The van der Waals surface area contributed by atoms with Crippen molar-refractivity contribution in [2.24, 2.45) is 13.0 Å². The van der Waals surface area contributed by atoms with Gasteiger partial charge in [-0.05, 0) is 43.8 Å². The van der Waals surface area contributed by atoms with Gasteiger partial charge in [0.1, 0.15) is 0 Å². The third kappa shape index (κ3) is 4.24. The number of anilines is 1. The molecular formula is C25H34N6O2. The number of hydrogen-bond donors (Lipinski definition) is 0. The molecule has 0 N–H and O–H groups in total. The molecular weight excluding hydrogens is 416 g/mol. The number of imidazole rings is 1. The van der Waals surface area contributed by atoms with Crippen LogP contribution in [0.2, 0.25) is 0 Å². The normalized spacial score (nSPS) is 19.2. The van der Waals surface area contributed by atoms with Gasteiger partial charge in [-0.25, -0.2) is 4.79 Å². The molecule has 4 heterocycles. The molecule has 8 nitrogen and oxygen atoms in total. The first-order valence-corrected chi connectivity index (χ1v) is 12.2. The lowest BCUT2D eigenvalue weighted by molar-refractivity contribution is 0.218. The standard InChI is InChI=1S/C25H34N6O2/c1-19-17-29(14-11-20-9-5-3-6-10-20)24-26-22-21(31(24)18-19)23(32)30(25(33)27(22)2)16-15-28-12-7-4-8-13-28/h3,5-6,9-10,19H,4,7-8,11-18H2,1-2H3/t19-/m1/s1. The van der Waals surface area contributed by atoms with Crippen LogP contribution in [0.4, 0.5) is 5.95 Å². The Labute approximate surface area is 194 Å². The molecule has 2 aliphatic heterocycles. The average Bonchev–Trinajstić information content (AvgIpc) is 3.22. The highest BCUT2D eigenvalue weighted by molar-refractivity contribution is 5.75. The lowest BCUT2D eigenvalue weighted by Crippen LogP contribution is -2.43. The molecule has 0 aliphatic carbocycles. The van der Waals surface area contributed by atoms with E-state index in [2.05, 4.69) is 41.0 Å². The first kappa shape index (κ1) is 21.9.